The second-order valence-corrected chi connectivity index (χ2v) is 7.37. The Bertz CT molecular complexity index is 939. The zero-order valence-electron chi connectivity index (χ0n) is 15.8. The highest BCUT2D eigenvalue weighted by molar-refractivity contribution is 7.17. The summed E-state index contributed by atoms with van der Waals surface area (Å²) < 4.78 is 5.35. The van der Waals surface area contributed by atoms with Crippen LogP contribution >= 0.6 is 11.3 Å². The van der Waals surface area contributed by atoms with Crippen LogP contribution in [0.5, 0.6) is 0 Å². The van der Waals surface area contributed by atoms with Gasteiger partial charge < -0.3 is 10.1 Å². The van der Waals surface area contributed by atoms with E-state index in [1.165, 1.54) is 11.3 Å². The molecule has 2 aromatic carbocycles. The van der Waals surface area contributed by atoms with Gasteiger partial charge in [0.25, 0.3) is 5.91 Å². The summed E-state index contributed by atoms with van der Waals surface area (Å²) in [5, 5.41) is 3.56. The van der Waals surface area contributed by atoms with Gasteiger partial charge in [-0.3, -0.25) is 4.79 Å². The average Bonchev–Trinajstić information content (AvgIpc) is 3.11. The van der Waals surface area contributed by atoms with E-state index in [-0.39, 0.29) is 5.91 Å². The lowest BCUT2D eigenvalue weighted by Gasteiger charge is -2.13. The van der Waals surface area contributed by atoms with Gasteiger partial charge in [-0.25, -0.2) is 9.78 Å². The lowest BCUT2D eigenvalue weighted by Crippen LogP contribution is -2.36. The molecule has 0 spiro atoms. The molecule has 0 aliphatic rings. The van der Waals surface area contributed by atoms with Crippen molar-refractivity contribution in [3.05, 3.63) is 76.8 Å². The van der Waals surface area contributed by atoms with Crippen LogP contribution in [-0.2, 0) is 16.0 Å². The third-order valence-electron chi connectivity index (χ3n) is 4.21. The van der Waals surface area contributed by atoms with Gasteiger partial charge in [0, 0.05) is 12.1 Å². The maximum Gasteiger partial charge on any atom is 0.351 e. The van der Waals surface area contributed by atoms with Crippen molar-refractivity contribution in [1.29, 1.82) is 0 Å². The van der Waals surface area contributed by atoms with Crippen molar-refractivity contribution in [1.82, 2.24) is 10.3 Å². The third kappa shape index (κ3) is 5.04. The average molecular weight is 394 g/mol. The largest absolute Gasteiger partial charge is 0.448 e. The number of amides is 1. The molecule has 1 atom stereocenters. The van der Waals surface area contributed by atoms with E-state index in [1.54, 1.807) is 13.8 Å². The third-order valence-corrected chi connectivity index (χ3v) is 5.40. The first kappa shape index (κ1) is 19.8. The first-order valence-corrected chi connectivity index (χ1v) is 9.91. The smallest absolute Gasteiger partial charge is 0.351 e. The number of carbonyl (C=O) groups is 2. The highest BCUT2D eigenvalue weighted by Crippen LogP contribution is 2.28. The normalized spacial score (nSPS) is 11.6. The van der Waals surface area contributed by atoms with Crippen LogP contribution in [0, 0.1) is 6.92 Å². The van der Waals surface area contributed by atoms with E-state index in [4.69, 9.17) is 4.74 Å². The highest BCUT2D eigenvalue weighted by atomic mass is 32.1. The molecule has 6 heteroatoms. The lowest BCUT2D eigenvalue weighted by atomic mass is 10.1. The van der Waals surface area contributed by atoms with Crippen molar-refractivity contribution in [2.24, 2.45) is 0 Å². The number of nitrogens with zero attached hydrogens (tertiary/aromatic N) is 1. The zero-order valence-corrected chi connectivity index (χ0v) is 16.7. The van der Waals surface area contributed by atoms with E-state index in [9.17, 15) is 9.59 Å². The number of nitrogens with one attached hydrogen (secondary N) is 1. The minimum Gasteiger partial charge on any atom is -0.448 e. The van der Waals surface area contributed by atoms with E-state index in [2.05, 4.69) is 10.3 Å². The van der Waals surface area contributed by atoms with Gasteiger partial charge >= 0.3 is 5.97 Å². The van der Waals surface area contributed by atoms with E-state index in [0.717, 1.165) is 22.6 Å². The zero-order chi connectivity index (χ0) is 19.9. The number of rotatable bonds is 7. The Morgan fingerprint density at radius 1 is 1.07 bits per heavy atom. The van der Waals surface area contributed by atoms with Crippen LogP contribution in [0.15, 0.2) is 60.7 Å². The Balaban J connectivity index is 1.55. The van der Waals surface area contributed by atoms with Gasteiger partial charge in [-0.2, -0.15) is 0 Å². The number of aryl methyl sites for hydroxylation is 1. The van der Waals surface area contributed by atoms with Gasteiger partial charge in [-0.05, 0) is 25.8 Å². The number of aromatic nitrogens is 1. The van der Waals surface area contributed by atoms with Gasteiger partial charge in [0.15, 0.2) is 6.10 Å². The monoisotopic (exact) mass is 394 g/mol. The van der Waals surface area contributed by atoms with Crippen LogP contribution in [0.1, 0.15) is 27.9 Å². The summed E-state index contributed by atoms with van der Waals surface area (Å²) >= 11 is 1.27. The van der Waals surface area contributed by atoms with Crippen LogP contribution < -0.4 is 5.32 Å². The maximum atomic E-state index is 12.5. The Kier molecular flexibility index (Phi) is 6.55. The summed E-state index contributed by atoms with van der Waals surface area (Å²) in [5.41, 5.74) is 2.69. The number of thiazole rings is 1. The predicted molar refractivity (Wildman–Crippen MR) is 110 cm³/mol. The highest BCUT2D eigenvalue weighted by Gasteiger charge is 2.22. The summed E-state index contributed by atoms with van der Waals surface area (Å²) in [5.74, 6) is -0.836. The van der Waals surface area contributed by atoms with Gasteiger partial charge in [-0.1, -0.05) is 60.7 Å². The molecule has 0 aliphatic carbocycles. The number of hydrogen-bond acceptors (Lipinski definition) is 5. The molecule has 5 nitrogen and oxygen atoms in total. The number of benzene rings is 2. The molecular formula is C22H22N2O3S. The maximum absolute atomic E-state index is 12.5. The number of hydrogen-bond donors (Lipinski definition) is 1. The quantitative estimate of drug-likeness (QED) is 0.615. The first-order chi connectivity index (χ1) is 13.5. The standard InChI is InChI=1S/C22H22N2O3S/c1-15-19(28-21(24-15)18-11-7-4-8-12-18)22(26)27-16(2)20(25)23-14-13-17-9-5-3-6-10-17/h3-12,16H,13-14H2,1-2H3,(H,23,25)/t16-/m1/s1. The Hall–Kier alpha value is -2.99. The fourth-order valence-corrected chi connectivity index (χ4v) is 3.63. The lowest BCUT2D eigenvalue weighted by molar-refractivity contribution is -0.129. The second kappa shape index (κ2) is 9.28. The van der Waals surface area contributed by atoms with Gasteiger partial charge in [-0.15, -0.1) is 11.3 Å². The molecule has 28 heavy (non-hydrogen) atoms. The van der Waals surface area contributed by atoms with Crippen LogP contribution in [0.4, 0.5) is 0 Å². The van der Waals surface area contributed by atoms with Crippen LogP contribution in [0.25, 0.3) is 10.6 Å². The molecule has 0 fully saturated rings. The van der Waals surface area contributed by atoms with Crippen molar-refractivity contribution >= 4 is 23.2 Å². The Morgan fingerprint density at radius 2 is 1.71 bits per heavy atom. The van der Waals surface area contributed by atoms with Crippen molar-refractivity contribution in [3.63, 3.8) is 0 Å². The van der Waals surface area contributed by atoms with E-state index >= 15 is 0 Å². The molecule has 144 valence electrons. The van der Waals surface area contributed by atoms with E-state index in [0.29, 0.717) is 17.1 Å². The number of ether oxygens (including phenoxy) is 1. The minimum absolute atomic E-state index is 0.310. The molecule has 0 bridgehead atoms. The molecule has 1 heterocycles. The molecule has 0 saturated heterocycles. The Labute approximate surface area is 168 Å². The van der Waals surface area contributed by atoms with Crippen molar-refractivity contribution in [3.8, 4) is 10.6 Å². The van der Waals surface area contributed by atoms with Crippen molar-refractivity contribution < 1.29 is 14.3 Å². The van der Waals surface area contributed by atoms with Crippen molar-refractivity contribution in [2.45, 2.75) is 26.4 Å². The molecule has 1 aromatic heterocycles. The molecule has 0 radical (unpaired) electrons. The van der Waals surface area contributed by atoms with Crippen LogP contribution in [0.2, 0.25) is 0 Å². The SMILES string of the molecule is Cc1nc(-c2ccccc2)sc1C(=O)O[C@H](C)C(=O)NCCc1ccccc1. The second-order valence-electron chi connectivity index (χ2n) is 6.37. The van der Waals surface area contributed by atoms with Crippen LogP contribution in [0.3, 0.4) is 0 Å². The summed E-state index contributed by atoms with van der Waals surface area (Å²) in [7, 11) is 0. The molecule has 3 rings (SSSR count). The molecular weight excluding hydrogens is 372 g/mol. The first-order valence-electron chi connectivity index (χ1n) is 9.10. The molecule has 1 N–H and O–H groups in total. The summed E-state index contributed by atoms with van der Waals surface area (Å²) in [6, 6.07) is 19.5. The topological polar surface area (TPSA) is 68.3 Å². The number of carbonyl (C=O) groups excluding carboxylic acids is 2. The summed E-state index contributed by atoms with van der Waals surface area (Å²) in [4.78, 5) is 29.6. The Morgan fingerprint density at radius 3 is 2.39 bits per heavy atom. The summed E-state index contributed by atoms with van der Waals surface area (Å²) in [6.45, 7) is 3.83. The molecule has 1 amide bonds. The van der Waals surface area contributed by atoms with Gasteiger partial charge in [0.1, 0.15) is 9.88 Å². The molecule has 0 unspecified atom stereocenters. The van der Waals surface area contributed by atoms with Gasteiger partial charge in [0.2, 0.25) is 0 Å². The van der Waals surface area contributed by atoms with Gasteiger partial charge in [0.05, 0.1) is 5.69 Å². The molecule has 0 saturated carbocycles. The van der Waals surface area contributed by atoms with E-state index < -0.39 is 12.1 Å². The molecule has 3 aromatic rings. The summed E-state index contributed by atoms with van der Waals surface area (Å²) in [6.07, 6.45) is -0.147. The number of esters is 1. The molecule has 0 aliphatic heterocycles. The fraction of sp³-hybridized carbons (Fsp3) is 0.227. The van der Waals surface area contributed by atoms with E-state index in [1.807, 2.05) is 60.7 Å². The fourth-order valence-electron chi connectivity index (χ4n) is 2.68. The minimum atomic E-state index is -0.870. The predicted octanol–water partition coefficient (Wildman–Crippen LogP) is 4.02. The van der Waals surface area contributed by atoms with Crippen molar-refractivity contribution in [2.75, 3.05) is 6.54 Å². The van der Waals surface area contributed by atoms with Crippen LogP contribution in [-0.4, -0.2) is 29.5 Å².